The standard InChI is InChI=1S/C28H30N8O4/c1-34-11-8-19(33-34)18-13-21(36-24(18)28(29)30-15-31-36)27-26(38)25(37)22(40-27)14-39-17-6-4-16-5-7-23(32-20(16)12-17)35-9-2-3-10-35/h4-8,11-13,15,22,25-27,37-38H,2-3,9-10,14H2,1H3,(H2,29,30,31)/t22-,25-,26-,27+/m1/s1. The molecule has 4 atom stereocenters. The number of aliphatic hydroxyl groups is 2. The van der Waals surface area contributed by atoms with Gasteiger partial charge in [0.25, 0.3) is 0 Å². The highest BCUT2D eigenvalue weighted by Gasteiger charge is 2.45. The molecular weight excluding hydrogens is 512 g/mol. The van der Waals surface area contributed by atoms with Crippen molar-refractivity contribution in [2.45, 2.75) is 37.3 Å². The topological polar surface area (TPSA) is 149 Å². The summed E-state index contributed by atoms with van der Waals surface area (Å²) in [7, 11) is 1.82. The van der Waals surface area contributed by atoms with Crippen LogP contribution in [0.25, 0.3) is 27.7 Å². The van der Waals surface area contributed by atoms with Gasteiger partial charge in [0, 0.05) is 43.4 Å². The molecule has 12 heteroatoms. The van der Waals surface area contributed by atoms with Crippen LogP contribution in [0.5, 0.6) is 5.75 Å². The first-order chi connectivity index (χ1) is 19.5. The van der Waals surface area contributed by atoms with Crippen LogP contribution in [0.15, 0.2) is 55.0 Å². The van der Waals surface area contributed by atoms with Crippen LogP contribution >= 0.6 is 0 Å². The fraction of sp³-hybridized carbons (Fsp3) is 0.357. The van der Waals surface area contributed by atoms with Crippen LogP contribution in [-0.4, -0.2) is 77.6 Å². The van der Waals surface area contributed by atoms with Crippen LogP contribution in [-0.2, 0) is 11.8 Å². The molecular formula is C28H30N8O4. The first-order valence-electron chi connectivity index (χ1n) is 13.4. The fourth-order valence-corrected chi connectivity index (χ4v) is 5.66. The van der Waals surface area contributed by atoms with Gasteiger partial charge in [0.1, 0.15) is 54.4 Å². The van der Waals surface area contributed by atoms with Crippen LogP contribution in [0.2, 0.25) is 0 Å². The lowest BCUT2D eigenvalue weighted by Gasteiger charge is -2.17. The number of ether oxygens (including phenoxy) is 2. The minimum atomic E-state index is -1.21. The zero-order valence-electron chi connectivity index (χ0n) is 22.0. The van der Waals surface area contributed by atoms with Crippen LogP contribution in [0, 0.1) is 0 Å². The van der Waals surface area contributed by atoms with Crippen LogP contribution in [0.1, 0.15) is 24.6 Å². The molecule has 206 valence electrons. The molecule has 1 aromatic carbocycles. The molecule has 2 fully saturated rings. The maximum Gasteiger partial charge on any atom is 0.152 e. The van der Waals surface area contributed by atoms with E-state index in [2.05, 4.69) is 32.2 Å². The van der Waals surface area contributed by atoms with Gasteiger partial charge in [0.05, 0.1) is 16.9 Å². The largest absolute Gasteiger partial charge is 0.491 e. The van der Waals surface area contributed by atoms with E-state index in [1.807, 2.05) is 43.6 Å². The van der Waals surface area contributed by atoms with E-state index in [1.54, 1.807) is 9.20 Å². The van der Waals surface area contributed by atoms with E-state index in [0.29, 0.717) is 28.2 Å². The molecule has 6 heterocycles. The average molecular weight is 543 g/mol. The van der Waals surface area contributed by atoms with Gasteiger partial charge in [-0.15, -0.1) is 0 Å². The van der Waals surface area contributed by atoms with E-state index in [4.69, 9.17) is 20.2 Å². The number of aryl methyl sites for hydroxylation is 1. The molecule has 7 rings (SSSR count). The number of nitrogen functional groups attached to an aromatic ring is 1. The summed E-state index contributed by atoms with van der Waals surface area (Å²) in [5.41, 5.74) is 9.52. The summed E-state index contributed by atoms with van der Waals surface area (Å²) in [6.07, 6.45) is 1.51. The summed E-state index contributed by atoms with van der Waals surface area (Å²) in [6, 6.07) is 13.5. The Morgan fingerprint density at radius 1 is 1.07 bits per heavy atom. The number of nitrogens with two attached hydrogens (primary N) is 1. The zero-order chi connectivity index (χ0) is 27.4. The second kappa shape index (κ2) is 9.73. The first kappa shape index (κ1) is 24.8. The van der Waals surface area contributed by atoms with Gasteiger partial charge in [-0.3, -0.25) is 4.68 Å². The Bertz CT molecular complexity index is 1690. The van der Waals surface area contributed by atoms with E-state index < -0.39 is 24.4 Å². The first-order valence-corrected chi connectivity index (χ1v) is 13.4. The van der Waals surface area contributed by atoms with Crippen LogP contribution < -0.4 is 15.4 Å². The summed E-state index contributed by atoms with van der Waals surface area (Å²) in [4.78, 5) is 11.3. The molecule has 0 spiro atoms. The summed E-state index contributed by atoms with van der Waals surface area (Å²) in [5.74, 6) is 1.85. The fourth-order valence-electron chi connectivity index (χ4n) is 5.66. The molecule has 2 aliphatic heterocycles. The smallest absolute Gasteiger partial charge is 0.152 e. The minimum absolute atomic E-state index is 0.0412. The molecule has 5 aromatic rings. The number of aromatic nitrogens is 6. The monoisotopic (exact) mass is 542 g/mol. The number of fused-ring (bicyclic) bond motifs is 2. The van der Waals surface area contributed by atoms with Crippen molar-refractivity contribution in [2.24, 2.45) is 7.05 Å². The van der Waals surface area contributed by atoms with Gasteiger partial charge in [0.2, 0.25) is 0 Å². The van der Waals surface area contributed by atoms with Gasteiger partial charge in [-0.25, -0.2) is 14.5 Å². The second-order valence-electron chi connectivity index (χ2n) is 10.4. The highest BCUT2D eigenvalue weighted by molar-refractivity contribution is 5.87. The van der Waals surface area contributed by atoms with Gasteiger partial charge in [-0.1, -0.05) is 0 Å². The molecule has 12 nitrogen and oxygen atoms in total. The van der Waals surface area contributed by atoms with Crippen molar-refractivity contribution < 1.29 is 19.7 Å². The van der Waals surface area contributed by atoms with E-state index >= 15 is 0 Å². The van der Waals surface area contributed by atoms with E-state index in [9.17, 15) is 10.2 Å². The van der Waals surface area contributed by atoms with E-state index in [-0.39, 0.29) is 12.4 Å². The quantitative estimate of drug-likeness (QED) is 0.291. The number of hydrogen-bond acceptors (Lipinski definition) is 10. The molecule has 4 aromatic heterocycles. The SMILES string of the molecule is Cn1ccc(-c2cc([C@@H]3O[C@H](COc4ccc5ccc(N6CCCC6)nc5c4)[C@@H](O)[C@H]3O)n3ncnc(N)c23)n1. The zero-order valence-corrected chi connectivity index (χ0v) is 22.0. The van der Waals surface area contributed by atoms with E-state index in [0.717, 1.165) is 29.8 Å². The third-order valence-corrected chi connectivity index (χ3v) is 7.75. The molecule has 40 heavy (non-hydrogen) atoms. The minimum Gasteiger partial charge on any atom is -0.491 e. The molecule has 4 N–H and O–H groups in total. The highest BCUT2D eigenvalue weighted by Crippen LogP contribution is 2.39. The number of pyridine rings is 1. The average Bonchev–Trinajstić information content (AvgIpc) is 3.76. The van der Waals surface area contributed by atoms with Crippen molar-refractivity contribution in [2.75, 3.05) is 30.3 Å². The van der Waals surface area contributed by atoms with Crippen molar-refractivity contribution in [3.05, 3.63) is 60.7 Å². The van der Waals surface area contributed by atoms with Crippen LogP contribution in [0.4, 0.5) is 11.6 Å². The second-order valence-corrected chi connectivity index (χ2v) is 10.4. The summed E-state index contributed by atoms with van der Waals surface area (Å²) < 4.78 is 15.5. The van der Waals surface area contributed by atoms with Crippen molar-refractivity contribution in [3.63, 3.8) is 0 Å². The number of hydrogen-bond donors (Lipinski definition) is 3. The number of aliphatic hydroxyl groups excluding tert-OH is 2. The Morgan fingerprint density at radius 2 is 1.90 bits per heavy atom. The molecule has 2 aliphatic rings. The lowest BCUT2D eigenvalue weighted by atomic mass is 10.1. The van der Waals surface area contributed by atoms with Gasteiger partial charge in [-0.05, 0) is 49.2 Å². The molecule has 0 aliphatic carbocycles. The number of anilines is 2. The molecule has 0 amide bonds. The predicted molar refractivity (Wildman–Crippen MR) is 148 cm³/mol. The van der Waals surface area contributed by atoms with Crippen molar-refractivity contribution in [3.8, 4) is 17.0 Å². The maximum atomic E-state index is 11.0. The molecule has 0 unspecified atom stereocenters. The molecule has 0 radical (unpaired) electrons. The summed E-state index contributed by atoms with van der Waals surface area (Å²) in [6.45, 7) is 2.08. The normalized spacial score (nSPS) is 23.0. The molecule has 2 saturated heterocycles. The molecule has 0 bridgehead atoms. The Labute approximate surface area is 229 Å². The van der Waals surface area contributed by atoms with Gasteiger partial charge < -0.3 is 30.3 Å². The summed E-state index contributed by atoms with van der Waals surface area (Å²) in [5, 5.41) is 31.8. The Kier molecular flexibility index (Phi) is 6.02. The number of benzene rings is 1. The number of nitrogens with zero attached hydrogens (tertiary/aromatic N) is 7. The Balaban J connectivity index is 1.13. The van der Waals surface area contributed by atoms with Crippen molar-refractivity contribution >= 4 is 28.1 Å². The predicted octanol–water partition coefficient (Wildman–Crippen LogP) is 2.10. The van der Waals surface area contributed by atoms with E-state index in [1.165, 1.54) is 19.2 Å². The van der Waals surface area contributed by atoms with Gasteiger partial charge >= 0.3 is 0 Å². The number of rotatable bonds is 6. The third-order valence-electron chi connectivity index (χ3n) is 7.75. The van der Waals surface area contributed by atoms with Crippen molar-refractivity contribution in [1.82, 2.24) is 29.4 Å². The van der Waals surface area contributed by atoms with Gasteiger partial charge in [-0.2, -0.15) is 10.2 Å². The third kappa shape index (κ3) is 4.21. The Hall–Kier alpha value is -4.26. The molecule has 0 saturated carbocycles. The van der Waals surface area contributed by atoms with Crippen molar-refractivity contribution in [1.29, 1.82) is 0 Å². The maximum absolute atomic E-state index is 11.0. The van der Waals surface area contributed by atoms with Gasteiger partial charge in [0.15, 0.2) is 5.82 Å². The van der Waals surface area contributed by atoms with Crippen LogP contribution in [0.3, 0.4) is 0 Å². The summed E-state index contributed by atoms with van der Waals surface area (Å²) >= 11 is 0. The Morgan fingerprint density at radius 3 is 2.70 bits per heavy atom. The highest BCUT2D eigenvalue weighted by atomic mass is 16.6. The lowest BCUT2D eigenvalue weighted by Crippen LogP contribution is -2.34. The lowest BCUT2D eigenvalue weighted by molar-refractivity contribution is -0.0187.